The quantitative estimate of drug-likeness (QED) is 0.648. The number of methoxy groups -OCH3 is 1. The van der Waals surface area contributed by atoms with Gasteiger partial charge in [-0.25, -0.2) is 9.97 Å². The fourth-order valence-corrected chi connectivity index (χ4v) is 2.58. The van der Waals surface area contributed by atoms with Gasteiger partial charge in [0.15, 0.2) is 17.4 Å². The van der Waals surface area contributed by atoms with E-state index in [1.54, 1.807) is 0 Å². The average Bonchev–Trinajstić information content (AvgIpc) is 2.95. The largest absolute Gasteiger partial charge is 0.387 e. The molecule has 2 aromatic rings. The van der Waals surface area contributed by atoms with Crippen molar-refractivity contribution in [2.45, 2.75) is 31.0 Å². The van der Waals surface area contributed by atoms with Crippen LogP contribution in [0.3, 0.4) is 0 Å². The van der Waals surface area contributed by atoms with E-state index in [0.717, 1.165) is 0 Å². The predicted molar refractivity (Wildman–Crippen MR) is 70.6 cm³/mol. The molecule has 9 heteroatoms. The molecule has 0 radical (unpaired) electrons. The molecule has 0 amide bonds. The summed E-state index contributed by atoms with van der Waals surface area (Å²) in [4.78, 5) is 22.1. The maximum Gasteiger partial charge on any atom is 0.278 e. The minimum Gasteiger partial charge on any atom is -0.387 e. The van der Waals surface area contributed by atoms with Gasteiger partial charge in [-0.3, -0.25) is 9.36 Å². The van der Waals surface area contributed by atoms with Gasteiger partial charge in [0.2, 0.25) is 0 Å². The van der Waals surface area contributed by atoms with Crippen molar-refractivity contribution in [3.63, 3.8) is 0 Å². The van der Waals surface area contributed by atoms with Gasteiger partial charge < -0.3 is 24.7 Å². The predicted octanol–water partition coefficient (Wildman–Crippen LogP) is -1.22. The van der Waals surface area contributed by atoms with Crippen LogP contribution in [0.15, 0.2) is 17.4 Å². The van der Waals surface area contributed by atoms with Crippen LogP contribution in [-0.4, -0.2) is 61.3 Å². The second-order valence-corrected chi connectivity index (χ2v) is 5.21. The molecule has 1 aliphatic rings. The Morgan fingerprint density at radius 2 is 2.33 bits per heavy atom. The number of imidazole rings is 1. The molecule has 0 aliphatic carbocycles. The molecule has 1 aliphatic heterocycles. The number of ether oxygens (including phenoxy) is 2. The fraction of sp³-hybridized carbons (Fsp3) is 0.583. The summed E-state index contributed by atoms with van der Waals surface area (Å²) in [5.41, 5.74) is -1.54. The van der Waals surface area contributed by atoms with E-state index in [9.17, 15) is 15.0 Å². The number of rotatable bonds is 3. The maximum atomic E-state index is 11.7. The molecule has 0 unspecified atom stereocenters. The van der Waals surface area contributed by atoms with E-state index in [4.69, 9.17) is 9.47 Å². The third kappa shape index (κ3) is 2.05. The lowest BCUT2D eigenvalue weighted by molar-refractivity contribution is -0.0956. The highest BCUT2D eigenvalue weighted by molar-refractivity contribution is 5.68. The summed E-state index contributed by atoms with van der Waals surface area (Å²) in [5.74, 6) is 0. The molecule has 21 heavy (non-hydrogen) atoms. The smallest absolute Gasteiger partial charge is 0.278 e. The average molecular weight is 296 g/mol. The molecule has 0 bridgehead atoms. The third-order valence-corrected chi connectivity index (χ3v) is 3.70. The zero-order valence-corrected chi connectivity index (χ0v) is 11.6. The molecular weight excluding hydrogens is 280 g/mol. The number of aliphatic hydroxyl groups is 2. The van der Waals surface area contributed by atoms with Crippen LogP contribution in [-0.2, 0) is 9.47 Å². The summed E-state index contributed by atoms with van der Waals surface area (Å²) in [5, 5.41) is 20.7. The summed E-state index contributed by atoms with van der Waals surface area (Å²) >= 11 is 0. The molecule has 0 aromatic carbocycles. The zero-order chi connectivity index (χ0) is 15.2. The van der Waals surface area contributed by atoms with Crippen LogP contribution in [0.2, 0.25) is 0 Å². The van der Waals surface area contributed by atoms with Gasteiger partial charge in [-0.1, -0.05) is 0 Å². The van der Waals surface area contributed by atoms with Crippen LogP contribution in [0.4, 0.5) is 0 Å². The Bertz CT molecular complexity index is 709. The molecule has 9 nitrogen and oxygen atoms in total. The highest BCUT2D eigenvalue weighted by atomic mass is 16.6. The Kier molecular flexibility index (Phi) is 3.29. The Labute approximate surface area is 119 Å². The van der Waals surface area contributed by atoms with Crippen LogP contribution in [0, 0.1) is 0 Å². The number of aromatic amines is 1. The molecule has 2 aromatic heterocycles. The van der Waals surface area contributed by atoms with Gasteiger partial charge in [0.25, 0.3) is 5.56 Å². The standard InChI is InChI=1S/C12H16N4O5/c1-12(19)8(17)6(3-20-2)21-11(12)16-5-15-7-9(16)13-4-14-10(7)18/h4-6,8,11,17,19H,3H2,1-2H3,(H,13,14,18)/t6-,8-,11-,12-/m1/s1. The number of aliphatic hydroxyl groups excluding tert-OH is 1. The van der Waals surface area contributed by atoms with E-state index in [1.807, 2.05) is 0 Å². The van der Waals surface area contributed by atoms with E-state index < -0.39 is 24.0 Å². The number of aromatic nitrogens is 4. The Morgan fingerprint density at radius 1 is 1.57 bits per heavy atom. The first-order valence-electron chi connectivity index (χ1n) is 6.42. The third-order valence-electron chi connectivity index (χ3n) is 3.70. The summed E-state index contributed by atoms with van der Waals surface area (Å²) < 4.78 is 12.1. The topological polar surface area (TPSA) is 122 Å². The molecule has 4 atom stereocenters. The molecular formula is C12H16N4O5. The lowest BCUT2D eigenvalue weighted by Crippen LogP contribution is -2.44. The molecule has 1 fully saturated rings. The van der Waals surface area contributed by atoms with Gasteiger partial charge in [0.1, 0.15) is 17.8 Å². The monoisotopic (exact) mass is 296 g/mol. The second-order valence-electron chi connectivity index (χ2n) is 5.21. The number of hydrogen-bond donors (Lipinski definition) is 3. The van der Waals surface area contributed by atoms with Crippen LogP contribution < -0.4 is 5.56 Å². The maximum absolute atomic E-state index is 11.7. The summed E-state index contributed by atoms with van der Waals surface area (Å²) in [6.45, 7) is 1.59. The van der Waals surface area contributed by atoms with Crippen LogP contribution >= 0.6 is 0 Å². The first-order valence-corrected chi connectivity index (χ1v) is 6.42. The van der Waals surface area contributed by atoms with E-state index in [2.05, 4.69) is 15.0 Å². The van der Waals surface area contributed by atoms with Crippen molar-refractivity contribution in [1.82, 2.24) is 19.5 Å². The number of nitrogens with one attached hydrogen (secondary N) is 1. The number of fused-ring (bicyclic) bond motifs is 1. The normalized spacial score (nSPS) is 32.9. The lowest BCUT2D eigenvalue weighted by atomic mass is 9.96. The summed E-state index contributed by atoms with van der Waals surface area (Å²) in [7, 11) is 1.48. The zero-order valence-electron chi connectivity index (χ0n) is 11.6. The van der Waals surface area contributed by atoms with Crippen molar-refractivity contribution in [1.29, 1.82) is 0 Å². The Hall–Kier alpha value is -1.81. The van der Waals surface area contributed by atoms with Crippen molar-refractivity contribution in [2.75, 3.05) is 13.7 Å². The molecule has 114 valence electrons. The van der Waals surface area contributed by atoms with Crippen molar-refractivity contribution in [2.24, 2.45) is 0 Å². The Morgan fingerprint density at radius 3 is 3.05 bits per heavy atom. The number of H-pyrrole nitrogens is 1. The summed E-state index contributed by atoms with van der Waals surface area (Å²) in [6.07, 6.45) is -0.146. The SMILES string of the molecule is COC[C@H]1O[C@@H](n2cnc3c(=O)[nH]cnc32)[C@](C)(O)[C@@H]1O. The van der Waals surface area contributed by atoms with Crippen LogP contribution in [0.5, 0.6) is 0 Å². The van der Waals surface area contributed by atoms with Crippen molar-refractivity contribution >= 4 is 11.2 Å². The van der Waals surface area contributed by atoms with Gasteiger partial charge in [-0.15, -0.1) is 0 Å². The summed E-state index contributed by atoms with van der Waals surface area (Å²) in [6, 6.07) is 0. The van der Waals surface area contributed by atoms with Crippen molar-refractivity contribution in [3.05, 3.63) is 23.0 Å². The highest BCUT2D eigenvalue weighted by Crippen LogP contribution is 2.39. The van der Waals surface area contributed by atoms with E-state index in [1.165, 1.54) is 31.3 Å². The number of nitrogens with zero attached hydrogens (tertiary/aromatic N) is 3. The molecule has 0 saturated carbocycles. The molecule has 1 saturated heterocycles. The Balaban J connectivity index is 2.06. The molecule has 0 spiro atoms. The lowest BCUT2D eigenvalue weighted by Gasteiger charge is -2.27. The van der Waals surface area contributed by atoms with Crippen LogP contribution in [0.25, 0.3) is 11.2 Å². The van der Waals surface area contributed by atoms with Gasteiger partial charge in [0.05, 0.1) is 19.3 Å². The first kappa shape index (κ1) is 14.1. The second kappa shape index (κ2) is 4.88. The van der Waals surface area contributed by atoms with Gasteiger partial charge in [0, 0.05) is 7.11 Å². The molecule has 3 heterocycles. The van der Waals surface area contributed by atoms with Gasteiger partial charge in [-0.2, -0.15) is 0 Å². The van der Waals surface area contributed by atoms with E-state index in [0.29, 0.717) is 0 Å². The van der Waals surface area contributed by atoms with Crippen LogP contribution in [0.1, 0.15) is 13.2 Å². The van der Waals surface area contributed by atoms with E-state index >= 15 is 0 Å². The molecule has 3 rings (SSSR count). The highest BCUT2D eigenvalue weighted by Gasteiger charge is 2.53. The van der Waals surface area contributed by atoms with Gasteiger partial charge in [-0.05, 0) is 6.92 Å². The first-order chi connectivity index (χ1) is 9.96. The van der Waals surface area contributed by atoms with E-state index in [-0.39, 0.29) is 23.3 Å². The fourth-order valence-electron chi connectivity index (χ4n) is 2.58. The van der Waals surface area contributed by atoms with Crippen molar-refractivity contribution in [3.8, 4) is 0 Å². The number of hydrogen-bond acceptors (Lipinski definition) is 7. The van der Waals surface area contributed by atoms with Gasteiger partial charge >= 0.3 is 0 Å². The minimum atomic E-state index is -1.57. The molecule has 3 N–H and O–H groups in total. The van der Waals surface area contributed by atoms with Crippen molar-refractivity contribution < 1.29 is 19.7 Å². The minimum absolute atomic E-state index is 0.133.